The van der Waals surface area contributed by atoms with E-state index in [2.05, 4.69) is 42.3 Å². The van der Waals surface area contributed by atoms with Crippen LogP contribution in [0.15, 0.2) is 23.5 Å². The Balaban J connectivity index is 0.00000288. The van der Waals surface area contributed by atoms with Crippen LogP contribution in [0, 0.1) is 0 Å². The molecule has 7 nitrogen and oxygen atoms in total. The molecule has 8 heteroatoms. The van der Waals surface area contributed by atoms with Crippen molar-refractivity contribution in [3.05, 3.63) is 18.5 Å². The first-order chi connectivity index (χ1) is 11.3. The molecule has 0 amide bonds. The van der Waals surface area contributed by atoms with Crippen molar-refractivity contribution in [2.75, 3.05) is 57.8 Å². The third kappa shape index (κ3) is 7.16. The Morgan fingerprint density at radius 3 is 2.42 bits per heavy atom. The molecule has 1 aromatic rings. The van der Waals surface area contributed by atoms with Crippen LogP contribution in [0.25, 0.3) is 0 Å². The Labute approximate surface area is 162 Å². The van der Waals surface area contributed by atoms with Crippen molar-refractivity contribution >= 4 is 35.9 Å². The summed E-state index contributed by atoms with van der Waals surface area (Å²) >= 11 is 0. The SMILES string of the molecule is CCCNC(=NC)NCCCN1CCN(c2ncccn2)CC1.I. The van der Waals surface area contributed by atoms with E-state index in [1.807, 2.05) is 13.1 Å². The summed E-state index contributed by atoms with van der Waals surface area (Å²) in [5.41, 5.74) is 0. The molecule has 1 fully saturated rings. The molecule has 2 N–H and O–H groups in total. The van der Waals surface area contributed by atoms with Gasteiger partial charge in [0.2, 0.25) is 5.95 Å². The molecule has 1 aromatic heterocycles. The molecule has 2 heterocycles. The lowest BCUT2D eigenvalue weighted by Crippen LogP contribution is -2.47. The fourth-order valence-electron chi connectivity index (χ4n) is 2.60. The van der Waals surface area contributed by atoms with Gasteiger partial charge in [-0.05, 0) is 25.5 Å². The highest BCUT2D eigenvalue weighted by Gasteiger charge is 2.18. The number of rotatable bonds is 7. The van der Waals surface area contributed by atoms with E-state index in [1.54, 1.807) is 12.4 Å². The maximum atomic E-state index is 4.32. The summed E-state index contributed by atoms with van der Waals surface area (Å²) in [7, 11) is 1.82. The minimum absolute atomic E-state index is 0. The van der Waals surface area contributed by atoms with Crippen molar-refractivity contribution in [3.8, 4) is 0 Å². The van der Waals surface area contributed by atoms with E-state index in [0.717, 1.165) is 70.6 Å². The molecular formula is C16H30IN7. The van der Waals surface area contributed by atoms with Gasteiger partial charge in [0.1, 0.15) is 0 Å². The summed E-state index contributed by atoms with van der Waals surface area (Å²) in [6.07, 6.45) is 5.84. The van der Waals surface area contributed by atoms with E-state index in [0.29, 0.717) is 0 Å². The first-order valence-electron chi connectivity index (χ1n) is 8.52. The number of halogens is 1. The zero-order chi connectivity index (χ0) is 16.3. The molecule has 136 valence electrons. The number of aromatic nitrogens is 2. The molecule has 1 aliphatic rings. The number of guanidine groups is 1. The van der Waals surface area contributed by atoms with E-state index in [4.69, 9.17) is 0 Å². The Hall–Kier alpha value is -1.16. The van der Waals surface area contributed by atoms with Gasteiger partial charge in [-0.15, -0.1) is 24.0 Å². The highest BCUT2D eigenvalue weighted by molar-refractivity contribution is 14.0. The van der Waals surface area contributed by atoms with Crippen molar-refractivity contribution in [2.45, 2.75) is 19.8 Å². The van der Waals surface area contributed by atoms with E-state index in [9.17, 15) is 0 Å². The number of hydrogen-bond donors (Lipinski definition) is 2. The van der Waals surface area contributed by atoms with Gasteiger partial charge in [0.15, 0.2) is 5.96 Å². The third-order valence-corrected chi connectivity index (χ3v) is 3.92. The smallest absolute Gasteiger partial charge is 0.225 e. The molecule has 24 heavy (non-hydrogen) atoms. The molecule has 0 unspecified atom stereocenters. The van der Waals surface area contributed by atoms with Crippen LogP contribution in [-0.2, 0) is 0 Å². The minimum atomic E-state index is 0. The van der Waals surface area contributed by atoms with Crippen molar-refractivity contribution < 1.29 is 0 Å². The first kappa shape index (κ1) is 20.9. The largest absolute Gasteiger partial charge is 0.356 e. The summed E-state index contributed by atoms with van der Waals surface area (Å²) in [4.78, 5) is 17.6. The van der Waals surface area contributed by atoms with Gasteiger partial charge in [-0.1, -0.05) is 6.92 Å². The molecule has 0 aliphatic carbocycles. The molecule has 0 aromatic carbocycles. The average molecular weight is 447 g/mol. The van der Waals surface area contributed by atoms with Gasteiger partial charge in [-0.3, -0.25) is 9.89 Å². The highest BCUT2D eigenvalue weighted by Crippen LogP contribution is 2.09. The fourth-order valence-corrected chi connectivity index (χ4v) is 2.60. The van der Waals surface area contributed by atoms with Gasteiger partial charge < -0.3 is 15.5 Å². The van der Waals surface area contributed by atoms with Gasteiger partial charge in [0, 0.05) is 58.7 Å². The molecule has 1 saturated heterocycles. The molecule has 2 rings (SSSR count). The highest BCUT2D eigenvalue weighted by atomic mass is 127. The van der Waals surface area contributed by atoms with Gasteiger partial charge in [0.05, 0.1) is 0 Å². The zero-order valence-electron chi connectivity index (χ0n) is 14.7. The molecule has 0 bridgehead atoms. The second kappa shape index (κ2) is 12.2. The molecule has 0 atom stereocenters. The summed E-state index contributed by atoms with van der Waals surface area (Å²) in [5, 5.41) is 6.65. The molecule has 0 spiro atoms. The van der Waals surface area contributed by atoms with Crippen LogP contribution in [0.1, 0.15) is 19.8 Å². The predicted octanol–water partition coefficient (Wildman–Crippen LogP) is 1.18. The van der Waals surface area contributed by atoms with E-state index in [-0.39, 0.29) is 24.0 Å². The Morgan fingerprint density at radius 2 is 1.79 bits per heavy atom. The van der Waals surface area contributed by atoms with Gasteiger partial charge in [0.25, 0.3) is 0 Å². The predicted molar refractivity (Wildman–Crippen MR) is 110 cm³/mol. The maximum Gasteiger partial charge on any atom is 0.225 e. The maximum absolute atomic E-state index is 4.32. The number of nitrogens with zero attached hydrogens (tertiary/aromatic N) is 5. The quantitative estimate of drug-likeness (QED) is 0.283. The number of nitrogens with one attached hydrogen (secondary N) is 2. The van der Waals surface area contributed by atoms with Crippen LogP contribution < -0.4 is 15.5 Å². The number of piperazine rings is 1. The van der Waals surface area contributed by atoms with Crippen LogP contribution in [0.2, 0.25) is 0 Å². The normalized spacial score (nSPS) is 15.8. The number of aliphatic imine (C=N–C) groups is 1. The lowest BCUT2D eigenvalue weighted by Gasteiger charge is -2.34. The lowest BCUT2D eigenvalue weighted by molar-refractivity contribution is 0.254. The Bertz CT molecular complexity index is 461. The fraction of sp³-hybridized carbons (Fsp3) is 0.688. The van der Waals surface area contributed by atoms with Gasteiger partial charge in [-0.25, -0.2) is 9.97 Å². The summed E-state index contributed by atoms with van der Waals surface area (Å²) in [6.45, 7) is 9.31. The summed E-state index contributed by atoms with van der Waals surface area (Å²) < 4.78 is 0. The van der Waals surface area contributed by atoms with Crippen LogP contribution in [0.5, 0.6) is 0 Å². The third-order valence-electron chi connectivity index (χ3n) is 3.92. The van der Waals surface area contributed by atoms with Crippen LogP contribution >= 0.6 is 24.0 Å². The van der Waals surface area contributed by atoms with E-state index < -0.39 is 0 Å². The molecule has 1 aliphatic heterocycles. The molecule has 0 saturated carbocycles. The summed E-state index contributed by atoms with van der Waals surface area (Å²) in [5.74, 6) is 1.75. The Morgan fingerprint density at radius 1 is 1.12 bits per heavy atom. The second-order valence-electron chi connectivity index (χ2n) is 5.66. The van der Waals surface area contributed by atoms with E-state index in [1.165, 1.54) is 0 Å². The monoisotopic (exact) mass is 447 g/mol. The number of anilines is 1. The number of hydrogen-bond acceptors (Lipinski definition) is 5. The molecule has 0 radical (unpaired) electrons. The van der Waals surface area contributed by atoms with Crippen LogP contribution in [0.3, 0.4) is 0 Å². The van der Waals surface area contributed by atoms with Crippen molar-refractivity contribution in [2.24, 2.45) is 4.99 Å². The van der Waals surface area contributed by atoms with E-state index >= 15 is 0 Å². The van der Waals surface area contributed by atoms with Crippen molar-refractivity contribution in [1.82, 2.24) is 25.5 Å². The lowest BCUT2D eigenvalue weighted by atomic mass is 10.3. The van der Waals surface area contributed by atoms with Crippen molar-refractivity contribution in [1.29, 1.82) is 0 Å². The van der Waals surface area contributed by atoms with Crippen LogP contribution in [0.4, 0.5) is 5.95 Å². The standard InChI is InChI=1S/C16H29N7.HI/c1-3-6-18-15(17-2)19-9-5-10-22-11-13-23(14-12-22)16-20-7-4-8-21-16;/h4,7-8H,3,5-6,9-14H2,1-2H3,(H2,17,18,19);1H. The van der Waals surface area contributed by atoms with Gasteiger partial charge in [-0.2, -0.15) is 0 Å². The topological polar surface area (TPSA) is 68.7 Å². The van der Waals surface area contributed by atoms with Crippen molar-refractivity contribution in [3.63, 3.8) is 0 Å². The van der Waals surface area contributed by atoms with Gasteiger partial charge >= 0.3 is 0 Å². The molecular weight excluding hydrogens is 417 g/mol. The second-order valence-corrected chi connectivity index (χ2v) is 5.66. The Kier molecular flexibility index (Phi) is 10.6. The average Bonchev–Trinajstić information content (AvgIpc) is 2.62. The van der Waals surface area contributed by atoms with Crippen LogP contribution in [-0.4, -0.2) is 73.7 Å². The minimum Gasteiger partial charge on any atom is -0.356 e. The first-order valence-corrected chi connectivity index (χ1v) is 8.52. The summed E-state index contributed by atoms with van der Waals surface area (Å²) in [6, 6.07) is 1.86. The zero-order valence-corrected chi connectivity index (χ0v) is 17.1.